The number of rotatable bonds is 9. The number of hydrogen-bond donors (Lipinski definition) is 3. The first-order chi connectivity index (χ1) is 11.6. The molecule has 0 fully saturated rings. The second-order valence-corrected chi connectivity index (χ2v) is 7.88. The van der Waals surface area contributed by atoms with Crippen molar-refractivity contribution in [2.24, 2.45) is 0 Å². The second-order valence-electron chi connectivity index (χ2n) is 6.30. The first-order valence-electron chi connectivity index (χ1n) is 8.08. The second kappa shape index (κ2) is 9.59. The van der Waals surface area contributed by atoms with Gasteiger partial charge in [0.05, 0.1) is 0 Å². The first kappa shape index (κ1) is 21.2. The van der Waals surface area contributed by atoms with Crippen molar-refractivity contribution in [2.75, 3.05) is 25.0 Å². The van der Waals surface area contributed by atoms with Gasteiger partial charge in [0.1, 0.15) is 18.0 Å². The molecule has 0 radical (unpaired) electrons. The Labute approximate surface area is 149 Å². The van der Waals surface area contributed by atoms with E-state index in [2.05, 4.69) is 14.8 Å². The van der Waals surface area contributed by atoms with Crippen LogP contribution in [0.15, 0.2) is 24.3 Å². The monoisotopic (exact) mass is 373 g/mol. The Morgan fingerprint density at radius 1 is 1.16 bits per heavy atom. The van der Waals surface area contributed by atoms with E-state index >= 15 is 0 Å². The summed E-state index contributed by atoms with van der Waals surface area (Å²) >= 11 is 0. The van der Waals surface area contributed by atoms with E-state index < -0.39 is 21.9 Å². The quantitative estimate of drug-likeness (QED) is 0.576. The van der Waals surface area contributed by atoms with Gasteiger partial charge in [-0.2, -0.15) is 13.1 Å². The Hall–Kier alpha value is -1.84. The topological polar surface area (TPSA) is 106 Å². The summed E-state index contributed by atoms with van der Waals surface area (Å²) in [5, 5.41) is 2.61. The van der Waals surface area contributed by atoms with Crippen molar-refractivity contribution in [3.05, 3.63) is 24.3 Å². The van der Waals surface area contributed by atoms with Crippen LogP contribution in [0.5, 0.6) is 5.75 Å². The van der Waals surface area contributed by atoms with Crippen molar-refractivity contribution < 1.29 is 22.7 Å². The molecule has 0 unspecified atom stereocenters. The summed E-state index contributed by atoms with van der Waals surface area (Å²) in [5.74, 6) is 0.509. The van der Waals surface area contributed by atoms with E-state index in [-0.39, 0.29) is 13.2 Å². The van der Waals surface area contributed by atoms with Crippen LogP contribution in [-0.2, 0) is 14.9 Å². The molecule has 0 atom stereocenters. The van der Waals surface area contributed by atoms with E-state index in [4.69, 9.17) is 9.47 Å². The number of hydrogen-bond acceptors (Lipinski definition) is 5. The SMILES string of the molecule is CCCNS(=O)(=O)NCCOc1cccc(NC(=O)OC(C)(C)C)c1. The zero-order chi connectivity index (χ0) is 18.9. The molecule has 0 spiro atoms. The van der Waals surface area contributed by atoms with Crippen LogP contribution in [0.3, 0.4) is 0 Å². The summed E-state index contributed by atoms with van der Waals surface area (Å²) in [7, 11) is -3.49. The largest absolute Gasteiger partial charge is 0.492 e. The van der Waals surface area contributed by atoms with Crippen LogP contribution >= 0.6 is 0 Å². The normalized spacial score (nSPS) is 11.8. The molecule has 1 rings (SSSR count). The Balaban J connectivity index is 2.44. The molecule has 25 heavy (non-hydrogen) atoms. The number of carbonyl (C=O) groups is 1. The third-order valence-corrected chi connectivity index (χ3v) is 3.85. The molecule has 1 aromatic carbocycles. The number of ether oxygens (including phenoxy) is 2. The maximum absolute atomic E-state index is 11.7. The molecular formula is C16H27N3O5S. The molecule has 1 aromatic rings. The summed E-state index contributed by atoms with van der Waals surface area (Å²) in [4.78, 5) is 11.7. The van der Waals surface area contributed by atoms with Crippen molar-refractivity contribution in [1.29, 1.82) is 0 Å². The summed E-state index contributed by atoms with van der Waals surface area (Å²) in [6.07, 6.45) is 0.161. The average molecular weight is 373 g/mol. The standard InChI is InChI=1S/C16H27N3O5S/c1-5-9-17-25(21,22)18-10-11-23-14-8-6-7-13(12-14)19-15(20)24-16(2,3)4/h6-8,12,17-18H,5,9-11H2,1-4H3,(H,19,20). The van der Waals surface area contributed by atoms with Crippen LogP contribution in [0.1, 0.15) is 34.1 Å². The Morgan fingerprint density at radius 2 is 1.84 bits per heavy atom. The van der Waals surface area contributed by atoms with E-state index in [0.29, 0.717) is 18.0 Å². The van der Waals surface area contributed by atoms with Gasteiger partial charge < -0.3 is 9.47 Å². The molecule has 8 nitrogen and oxygen atoms in total. The van der Waals surface area contributed by atoms with E-state index in [1.165, 1.54) is 0 Å². The Morgan fingerprint density at radius 3 is 2.48 bits per heavy atom. The van der Waals surface area contributed by atoms with Crippen molar-refractivity contribution in [2.45, 2.75) is 39.7 Å². The lowest BCUT2D eigenvalue weighted by atomic mass is 10.2. The Kier molecular flexibility index (Phi) is 8.14. The van der Waals surface area contributed by atoms with Crippen molar-refractivity contribution in [3.8, 4) is 5.75 Å². The molecule has 0 saturated carbocycles. The molecule has 3 N–H and O–H groups in total. The molecule has 142 valence electrons. The third kappa shape index (κ3) is 9.90. The van der Waals surface area contributed by atoms with E-state index in [0.717, 1.165) is 6.42 Å². The average Bonchev–Trinajstić information content (AvgIpc) is 2.48. The van der Waals surface area contributed by atoms with Crippen molar-refractivity contribution >= 4 is 22.0 Å². The summed E-state index contributed by atoms with van der Waals surface area (Å²) in [6, 6.07) is 6.76. The molecule has 0 aromatic heterocycles. The Bertz CT molecular complexity index is 656. The lowest BCUT2D eigenvalue weighted by Crippen LogP contribution is -2.38. The van der Waals surface area contributed by atoms with Crippen LogP contribution in [0.25, 0.3) is 0 Å². The van der Waals surface area contributed by atoms with Crippen molar-refractivity contribution in [3.63, 3.8) is 0 Å². The molecule has 1 amide bonds. The molecule has 9 heteroatoms. The van der Waals surface area contributed by atoms with Crippen LogP contribution in [-0.4, -0.2) is 39.8 Å². The molecule has 0 heterocycles. The van der Waals surface area contributed by atoms with E-state index in [1.54, 1.807) is 45.0 Å². The van der Waals surface area contributed by atoms with Crippen LogP contribution in [0.2, 0.25) is 0 Å². The van der Waals surface area contributed by atoms with Gasteiger partial charge in [0.15, 0.2) is 0 Å². The molecule has 0 aliphatic heterocycles. The van der Waals surface area contributed by atoms with E-state index in [1.807, 2.05) is 6.92 Å². The smallest absolute Gasteiger partial charge is 0.412 e. The van der Waals surface area contributed by atoms with Crippen LogP contribution in [0.4, 0.5) is 10.5 Å². The number of carbonyl (C=O) groups excluding carboxylic acids is 1. The highest BCUT2D eigenvalue weighted by molar-refractivity contribution is 7.87. The fraction of sp³-hybridized carbons (Fsp3) is 0.562. The minimum atomic E-state index is -3.49. The zero-order valence-electron chi connectivity index (χ0n) is 15.1. The van der Waals surface area contributed by atoms with Gasteiger partial charge in [-0.05, 0) is 39.3 Å². The number of amides is 1. The minimum absolute atomic E-state index is 0.128. The van der Waals surface area contributed by atoms with Crippen LogP contribution in [0, 0.1) is 0 Å². The molecule has 0 saturated heterocycles. The lowest BCUT2D eigenvalue weighted by molar-refractivity contribution is 0.0636. The highest BCUT2D eigenvalue weighted by Crippen LogP contribution is 2.18. The van der Waals surface area contributed by atoms with E-state index in [9.17, 15) is 13.2 Å². The summed E-state index contributed by atoms with van der Waals surface area (Å²) < 4.78 is 38.5. The number of benzene rings is 1. The predicted molar refractivity (Wildman–Crippen MR) is 97.0 cm³/mol. The zero-order valence-corrected chi connectivity index (χ0v) is 15.9. The van der Waals surface area contributed by atoms with Gasteiger partial charge >= 0.3 is 6.09 Å². The van der Waals surface area contributed by atoms with Gasteiger partial charge in [0, 0.05) is 24.8 Å². The molecule has 0 aliphatic carbocycles. The van der Waals surface area contributed by atoms with Gasteiger partial charge in [-0.15, -0.1) is 0 Å². The summed E-state index contributed by atoms with van der Waals surface area (Å²) in [6.45, 7) is 7.89. The number of nitrogens with one attached hydrogen (secondary N) is 3. The maximum atomic E-state index is 11.7. The number of anilines is 1. The fourth-order valence-corrected chi connectivity index (χ4v) is 2.64. The van der Waals surface area contributed by atoms with Crippen molar-refractivity contribution in [1.82, 2.24) is 9.44 Å². The highest BCUT2D eigenvalue weighted by atomic mass is 32.2. The predicted octanol–water partition coefficient (Wildman–Crippen LogP) is 2.25. The highest BCUT2D eigenvalue weighted by Gasteiger charge is 2.16. The van der Waals surface area contributed by atoms with Gasteiger partial charge in [-0.3, -0.25) is 5.32 Å². The van der Waals surface area contributed by atoms with Gasteiger partial charge in [-0.1, -0.05) is 13.0 Å². The molecule has 0 aliphatic rings. The van der Waals surface area contributed by atoms with Gasteiger partial charge in [-0.25, -0.2) is 9.52 Å². The third-order valence-electron chi connectivity index (χ3n) is 2.68. The lowest BCUT2D eigenvalue weighted by Gasteiger charge is -2.19. The maximum Gasteiger partial charge on any atom is 0.412 e. The molecular weight excluding hydrogens is 346 g/mol. The van der Waals surface area contributed by atoms with Gasteiger partial charge in [0.25, 0.3) is 10.2 Å². The van der Waals surface area contributed by atoms with Crippen LogP contribution < -0.4 is 19.5 Å². The first-order valence-corrected chi connectivity index (χ1v) is 9.57. The fourth-order valence-electron chi connectivity index (χ4n) is 1.72. The van der Waals surface area contributed by atoms with Gasteiger partial charge in [0.2, 0.25) is 0 Å². The summed E-state index contributed by atoms with van der Waals surface area (Å²) in [5.41, 5.74) is -0.0572. The molecule has 0 bridgehead atoms. The minimum Gasteiger partial charge on any atom is -0.492 e.